The summed E-state index contributed by atoms with van der Waals surface area (Å²) in [5.74, 6) is -0.893. The highest BCUT2D eigenvalue weighted by Crippen LogP contribution is 2.22. The monoisotopic (exact) mass is 340 g/mol. The topological polar surface area (TPSA) is 64.0 Å². The SMILES string of the molecule is CC(O)Cc1ccc(N2CCN(c3ccc(C(=O)O)cc3)CC2)cc1. The van der Waals surface area contributed by atoms with Crippen molar-refractivity contribution >= 4 is 17.3 Å². The highest BCUT2D eigenvalue weighted by molar-refractivity contribution is 5.88. The van der Waals surface area contributed by atoms with E-state index < -0.39 is 5.97 Å². The fraction of sp³-hybridized carbons (Fsp3) is 0.350. The van der Waals surface area contributed by atoms with Crippen LogP contribution in [0.1, 0.15) is 22.8 Å². The molecule has 1 aliphatic heterocycles. The number of anilines is 2. The van der Waals surface area contributed by atoms with Gasteiger partial charge in [-0.15, -0.1) is 0 Å². The zero-order valence-electron chi connectivity index (χ0n) is 14.4. The highest BCUT2D eigenvalue weighted by Gasteiger charge is 2.18. The van der Waals surface area contributed by atoms with Gasteiger partial charge in [0.15, 0.2) is 0 Å². The van der Waals surface area contributed by atoms with Crippen LogP contribution in [0.15, 0.2) is 48.5 Å². The summed E-state index contributed by atoms with van der Waals surface area (Å²) in [6, 6.07) is 15.5. The van der Waals surface area contributed by atoms with Crippen molar-refractivity contribution in [3.8, 4) is 0 Å². The first-order valence-electron chi connectivity index (χ1n) is 8.63. The number of carbonyl (C=O) groups is 1. The van der Waals surface area contributed by atoms with E-state index in [-0.39, 0.29) is 6.10 Å². The van der Waals surface area contributed by atoms with Gasteiger partial charge in [0.05, 0.1) is 11.7 Å². The molecule has 0 radical (unpaired) electrons. The summed E-state index contributed by atoms with van der Waals surface area (Å²) < 4.78 is 0. The molecule has 2 aromatic rings. The molecular formula is C20H24N2O3. The molecule has 1 atom stereocenters. The van der Waals surface area contributed by atoms with Crippen LogP contribution < -0.4 is 9.80 Å². The Bertz CT molecular complexity index is 703. The zero-order valence-corrected chi connectivity index (χ0v) is 14.4. The number of benzene rings is 2. The summed E-state index contributed by atoms with van der Waals surface area (Å²) in [6.07, 6.45) is 0.363. The van der Waals surface area contributed by atoms with Crippen LogP contribution in [0.4, 0.5) is 11.4 Å². The van der Waals surface area contributed by atoms with Gasteiger partial charge in [0.25, 0.3) is 0 Å². The number of aromatic carboxylic acids is 1. The predicted octanol–water partition coefficient (Wildman–Crippen LogP) is 2.63. The van der Waals surface area contributed by atoms with Gasteiger partial charge in [0.1, 0.15) is 0 Å². The quantitative estimate of drug-likeness (QED) is 0.876. The molecule has 0 bridgehead atoms. The summed E-state index contributed by atoms with van der Waals surface area (Å²) in [5.41, 5.74) is 3.74. The van der Waals surface area contributed by atoms with Crippen LogP contribution in [0.25, 0.3) is 0 Å². The number of carboxylic acid groups (broad SMARTS) is 1. The van der Waals surface area contributed by atoms with Crippen LogP contribution in [0.3, 0.4) is 0 Å². The van der Waals surface area contributed by atoms with Crippen LogP contribution in [-0.4, -0.2) is 48.5 Å². The lowest BCUT2D eigenvalue weighted by Gasteiger charge is -2.37. The van der Waals surface area contributed by atoms with Gasteiger partial charge in [-0.05, 0) is 55.3 Å². The minimum Gasteiger partial charge on any atom is -0.478 e. The van der Waals surface area contributed by atoms with Crippen molar-refractivity contribution in [3.05, 3.63) is 59.7 Å². The van der Waals surface area contributed by atoms with Crippen LogP contribution in [0.2, 0.25) is 0 Å². The number of aliphatic hydroxyl groups is 1. The average molecular weight is 340 g/mol. The maximum atomic E-state index is 10.9. The fourth-order valence-corrected chi connectivity index (χ4v) is 3.22. The molecule has 0 spiro atoms. The van der Waals surface area contributed by atoms with E-state index in [1.807, 2.05) is 12.1 Å². The first kappa shape index (κ1) is 17.3. The Hall–Kier alpha value is -2.53. The molecule has 1 heterocycles. The van der Waals surface area contributed by atoms with Crippen LogP contribution in [0, 0.1) is 0 Å². The number of nitrogens with zero attached hydrogens (tertiary/aromatic N) is 2. The van der Waals surface area contributed by atoms with Crippen molar-refractivity contribution in [1.29, 1.82) is 0 Å². The third-order valence-electron chi connectivity index (χ3n) is 4.59. The van der Waals surface area contributed by atoms with Gasteiger partial charge in [-0.1, -0.05) is 12.1 Å². The minimum atomic E-state index is -0.893. The second-order valence-electron chi connectivity index (χ2n) is 6.55. The largest absolute Gasteiger partial charge is 0.478 e. The maximum absolute atomic E-state index is 10.9. The number of hydrogen-bond donors (Lipinski definition) is 2. The van der Waals surface area contributed by atoms with Crippen LogP contribution >= 0.6 is 0 Å². The second kappa shape index (κ2) is 7.57. The highest BCUT2D eigenvalue weighted by atomic mass is 16.4. The molecule has 2 aromatic carbocycles. The van der Waals surface area contributed by atoms with E-state index in [1.165, 1.54) is 5.69 Å². The molecule has 5 heteroatoms. The van der Waals surface area contributed by atoms with Gasteiger partial charge in [-0.2, -0.15) is 0 Å². The zero-order chi connectivity index (χ0) is 17.8. The van der Waals surface area contributed by atoms with Crippen LogP contribution in [0.5, 0.6) is 0 Å². The lowest BCUT2D eigenvalue weighted by atomic mass is 10.1. The normalized spacial score (nSPS) is 15.9. The van der Waals surface area contributed by atoms with Crippen molar-refractivity contribution in [1.82, 2.24) is 0 Å². The van der Waals surface area contributed by atoms with Gasteiger partial charge in [0.2, 0.25) is 0 Å². The molecule has 0 aromatic heterocycles. The number of carboxylic acids is 1. The van der Waals surface area contributed by atoms with Gasteiger partial charge >= 0.3 is 5.97 Å². The van der Waals surface area contributed by atoms with Gasteiger partial charge in [0, 0.05) is 37.6 Å². The number of aliphatic hydroxyl groups excluding tert-OH is 1. The molecule has 3 rings (SSSR count). The van der Waals surface area contributed by atoms with E-state index in [4.69, 9.17) is 5.11 Å². The Morgan fingerprint density at radius 1 is 0.920 bits per heavy atom. The van der Waals surface area contributed by atoms with Crippen molar-refractivity contribution < 1.29 is 15.0 Å². The molecule has 1 aliphatic rings. The molecule has 25 heavy (non-hydrogen) atoms. The molecule has 5 nitrogen and oxygen atoms in total. The lowest BCUT2D eigenvalue weighted by molar-refractivity contribution is 0.0697. The lowest BCUT2D eigenvalue weighted by Crippen LogP contribution is -2.46. The summed E-state index contributed by atoms with van der Waals surface area (Å²) in [4.78, 5) is 15.6. The molecule has 0 amide bonds. The molecule has 2 N–H and O–H groups in total. The standard InChI is InChI=1S/C20H24N2O3/c1-15(23)14-16-2-6-18(7-3-16)21-10-12-22(13-11-21)19-8-4-17(5-9-19)20(24)25/h2-9,15,23H,10-14H2,1H3,(H,24,25). The van der Waals surface area contributed by atoms with Gasteiger partial charge in [-0.3, -0.25) is 0 Å². The van der Waals surface area contributed by atoms with Crippen molar-refractivity contribution in [2.24, 2.45) is 0 Å². The number of rotatable bonds is 5. The van der Waals surface area contributed by atoms with E-state index >= 15 is 0 Å². The van der Waals surface area contributed by atoms with Crippen molar-refractivity contribution in [2.45, 2.75) is 19.4 Å². The van der Waals surface area contributed by atoms with E-state index in [2.05, 4.69) is 34.1 Å². The summed E-state index contributed by atoms with van der Waals surface area (Å²) in [5, 5.41) is 18.4. The third kappa shape index (κ3) is 4.31. The first-order valence-corrected chi connectivity index (χ1v) is 8.63. The maximum Gasteiger partial charge on any atom is 0.335 e. The van der Waals surface area contributed by atoms with Gasteiger partial charge < -0.3 is 20.0 Å². The summed E-state index contributed by atoms with van der Waals surface area (Å²) >= 11 is 0. The van der Waals surface area contributed by atoms with Crippen molar-refractivity contribution in [2.75, 3.05) is 36.0 Å². The Balaban J connectivity index is 1.58. The molecule has 132 valence electrons. The fourth-order valence-electron chi connectivity index (χ4n) is 3.22. The molecule has 0 aliphatic carbocycles. The van der Waals surface area contributed by atoms with E-state index in [0.717, 1.165) is 37.4 Å². The summed E-state index contributed by atoms with van der Waals surface area (Å²) in [6.45, 7) is 5.46. The Morgan fingerprint density at radius 2 is 1.36 bits per heavy atom. The molecule has 1 unspecified atom stereocenters. The second-order valence-corrected chi connectivity index (χ2v) is 6.55. The van der Waals surface area contributed by atoms with Crippen molar-refractivity contribution in [3.63, 3.8) is 0 Å². The number of piperazine rings is 1. The summed E-state index contributed by atoms with van der Waals surface area (Å²) in [7, 11) is 0. The third-order valence-corrected chi connectivity index (χ3v) is 4.59. The van der Waals surface area contributed by atoms with E-state index in [1.54, 1.807) is 19.1 Å². The minimum absolute atomic E-state index is 0.318. The van der Waals surface area contributed by atoms with E-state index in [0.29, 0.717) is 12.0 Å². The molecule has 1 saturated heterocycles. The molecular weight excluding hydrogens is 316 g/mol. The Labute approximate surface area is 148 Å². The average Bonchev–Trinajstić information content (AvgIpc) is 2.62. The van der Waals surface area contributed by atoms with Crippen LogP contribution in [-0.2, 0) is 6.42 Å². The first-order chi connectivity index (χ1) is 12.0. The van der Waals surface area contributed by atoms with Gasteiger partial charge in [-0.25, -0.2) is 4.79 Å². The number of hydrogen-bond acceptors (Lipinski definition) is 4. The predicted molar refractivity (Wildman–Crippen MR) is 99.7 cm³/mol. The molecule has 0 saturated carbocycles. The smallest absolute Gasteiger partial charge is 0.335 e. The molecule has 1 fully saturated rings. The van der Waals surface area contributed by atoms with E-state index in [9.17, 15) is 9.90 Å². The Kier molecular flexibility index (Phi) is 5.24. The Morgan fingerprint density at radius 3 is 1.76 bits per heavy atom.